The van der Waals surface area contributed by atoms with Crippen molar-refractivity contribution in [3.63, 3.8) is 0 Å². The number of carboxylic acids is 1. The molecule has 0 saturated carbocycles. The third-order valence-electron chi connectivity index (χ3n) is 3.29. The number of amides is 1. The van der Waals surface area contributed by atoms with Crippen molar-refractivity contribution in [3.05, 3.63) is 35.1 Å². The van der Waals surface area contributed by atoms with Gasteiger partial charge in [-0.3, -0.25) is 4.90 Å². The molecule has 1 heterocycles. The minimum Gasteiger partial charge on any atom is -0.480 e. The number of hydrogen-bond donors (Lipinski definition) is 2. The molecule has 8 heteroatoms. The molecule has 1 aromatic rings. The summed E-state index contributed by atoms with van der Waals surface area (Å²) in [6.07, 6.45) is -1.56. The molecule has 1 fully saturated rings. The van der Waals surface area contributed by atoms with Gasteiger partial charge in [0.05, 0.1) is 6.04 Å². The molecular weight excluding hydrogens is 279 g/mol. The van der Waals surface area contributed by atoms with Crippen molar-refractivity contribution in [2.75, 3.05) is 0 Å². The van der Waals surface area contributed by atoms with Gasteiger partial charge in [0.2, 0.25) is 0 Å². The van der Waals surface area contributed by atoms with Crippen LogP contribution in [0.5, 0.6) is 0 Å². The second-order valence-corrected chi connectivity index (χ2v) is 4.42. The molecule has 1 saturated heterocycles. The Bertz CT molecular complexity index is 578. The summed E-state index contributed by atoms with van der Waals surface area (Å²) in [4.78, 5) is 22.7. The van der Waals surface area contributed by atoms with E-state index >= 15 is 0 Å². The van der Waals surface area contributed by atoms with Gasteiger partial charge in [-0.25, -0.2) is 22.8 Å². The summed E-state index contributed by atoms with van der Waals surface area (Å²) in [5.41, 5.74) is -0.366. The van der Waals surface area contributed by atoms with E-state index in [-0.39, 0.29) is 18.4 Å². The van der Waals surface area contributed by atoms with Crippen molar-refractivity contribution in [1.82, 2.24) is 4.90 Å². The van der Waals surface area contributed by atoms with Gasteiger partial charge in [-0.15, -0.1) is 0 Å². The van der Waals surface area contributed by atoms with Gasteiger partial charge >= 0.3 is 12.1 Å². The van der Waals surface area contributed by atoms with Crippen molar-refractivity contribution in [3.8, 4) is 0 Å². The summed E-state index contributed by atoms with van der Waals surface area (Å²) in [6, 6.07) is -1.59. The van der Waals surface area contributed by atoms with Gasteiger partial charge in [-0.1, -0.05) is 0 Å². The third kappa shape index (κ3) is 2.28. The van der Waals surface area contributed by atoms with Crippen LogP contribution in [0.4, 0.5) is 18.0 Å². The van der Waals surface area contributed by atoms with E-state index in [9.17, 15) is 22.8 Å². The maximum atomic E-state index is 13.7. The number of benzene rings is 1. The molecule has 0 aliphatic carbocycles. The Labute approximate surface area is 111 Å². The molecule has 0 spiro atoms. The molecule has 5 nitrogen and oxygen atoms in total. The first-order valence-electron chi connectivity index (χ1n) is 5.71. The predicted molar refractivity (Wildman–Crippen MR) is 59.6 cm³/mol. The van der Waals surface area contributed by atoms with Crippen molar-refractivity contribution in [2.24, 2.45) is 0 Å². The second kappa shape index (κ2) is 5.03. The van der Waals surface area contributed by atoms with Gasteiger partial charge < -0.3 is 10.2 Å². The normalized spacial score (nSPS) is 22.1. The number of rotatable bonds is 2. The van der Waals surface area contributed by atoms with Crippen LogP contribution in [0.25, 0.3) is 0 Å². The maximum absolute atomic E-state index is 13.7. The maximum Gasteiger partial charge on any atom is 0.408 e. The van der Waals surface area contributed by atoms with Crippen molar-refractivity contribution in [2.45, 2.75) is 24.9 Å². The molecule has 1 aromatic carbocycles. The summed E-state index contributed by atoms with van der Waals surface area (Å²) in [5, 5.41) is 18.0. The first-order valence-corrected chi connectivity index (χ1v) is 5.71. The summed E-state index contributed by atoms with van der Waals surface area (Å²) in [7, 11) is 0. The molecule has 2 N–H and O–H groups in total. The number of aliphatic carboxylic acids is 1. The van der Waals surface area contributed by atoms with Crippen molar-refractivity contribution >= 4 is 12.1 Å². The fraction of sp³-hybridized carbons (Fsp3) is 0.333. The lowest BCUT2D eigenvalue weighted by Gasteiger charge is -2.25. The van der Waals surface area contributed by atoms with E-state index in [2.05, 4.69) is 0 Å². The standard InChI is InChI=1S/C12H10F3NO4/c13-6-4-8(15)7(14)3-5(6)9-1-2-10(11(17)18)16(9)12(19)20/h3-4,9-10H,1-2H2,(H,17,18)(H,19,20)/t9-,10+/m0/s1. The highest BCUT2D eigenvalue weighted by Gasteiger charge is 2.43. The van der Waals surface area contributed by atoms with E-state index < -0.39 is 41.6 Å². The molecule has 108 valence electrons. The van der Waals surface area contributed by atoms with Crippen LogP contribution in [0.2, 0.25) is 0 Å². The van der Waals surface area contributed by atoms with Crippen LogP contribution in [0.15, 0.2) is 12.1 Å². The van der Waals surface area contributed by atoms with Crippen molar-refractivity contribution in [1.29, 1.82) is 0 Å². The smallest absolute Gasteiger partial charge is 0.408 e. The van der Waals surface area contributed by atoms with Crippen LogP contribution in [-0.4, -0.2) is 33.2 Å². The van der Waals surface area contributed by atoms with Gasteiger partial charge in [-0.05, 0) is 18.9 Å². The molecule has 0 radical (unpaired) electrons. The minimum atomic E-state index is -1.55. The van der Waals surface area contributed by atoms with Gasteiger partial charge in [0, 0.05) is 11.6 Å². The predicted octanol–water partition coefficient (Wildman–Crippen LogP) is 2.37. The van der Waals surface area contributed by atoms with E-state index in [0.29, 0.717) is 17.0 Å². The summed E-state index contributed by atoms with van der Waals surface area (Å²) in [5.74, 6) is -5.17. The van der Waals surface area contributed by atoms with Crippen LogP contribution >= 0.6 is 0 Å². The minimum absolute atomic E-state index is 0.0191. The molecule has 20 heavy (non-hydrogen) atoms. The number of likely N-dealkylation sites (tertiary alicyclic amines) is 1. The van der Waals surface area contributed by atoms with Crippen LogP contribution < -0.4 is 0 Å². The molecular formula is C12H10F3NO4. The Kier molecular flexibility index (Phi) is 3.56. The van der Waals surface area contributed by atoms with Gasteiger partial charge in [0.25, 0.3) is 0 Å². The first kappa shape index (κ1) is 14.2. The van der Waals surface area contributed by atoms with Crippen LogP contribution in [0.3, 0.4) is 0 Å². The second-order valence-electron chi connectivity index (χ2n) is 4.42. The first-order chi connectivity index (χ1) is 9.32. The Morgan fingerprint density at radius 3 is 2.20 bits per heavy atom. The molecule has 2 rings (SSSR count). The largest absolute Gasteiger partial charge is 0.480 e. The highest BCUT2D eigenvalue weighted by atomic mass is 19.2. The SMILES string of the molecule is O=C(O)[C@H]1CC[C@@H](c2cc(F)c(F)cc2F)N1C(=O)O. The zero-order valence-electron chi connectivity index (χ0n) is 10.0. The fourth-order valence-electron chi connectivity index (χ4n) is 2.42. The highest BCUT2D eigenvalue weighted by Crippen LogP contribution is 2.38. The molecule has 0 bridgehead atoms. The Morgan fingerprint density at radius 2 is 1.65 bits per heavy atom. The molecule has 0 aromatic heterocycles. The average Bonchev–Trinajstić information content (AvgIpc) is 2.78. The zero-order chi connectivity index (χ0) is 15.0. The number of halogens is 3. The summed E-state index contributed by atoms with van der Waals surface area (Å²) < 4.78 is 39.7. The molecule has 2 atom stereocenters. The molecule has 1 aliphatic rings. The number of hydrogen-bond acceptors (Lipinski definition) is 2. The lowest BCUT2D eigenvalue weighted by atomic mass is 10.0. The Hall–Kier alpha value is -2.25. The topological polar surface area (TPSA) is 77.8 Å². The lowest BCUT2D eigenvalue weighted by molar-refractivity contribution is -0.142. The van der Waals surface area contributed by atoms with E-state index in [1.54, 1.807) is 0 Å². The Balaban J connectivity index is 2.44. The summed E-state index contributed by atoms with van der Waals surface area (Å²) >= 11 is 0. The van der Waals surface area contributed by atoms with E-state index in [1.165, 1.54) is 0 Å². The van der Waals surface area contributed by atoms with Crippen molar-refractivity contribution < 1.29 is 33.0 Å². The van der Waals surface area contributed by atoms with Gasteiger partial charge in [0.15, 0.2) is 11.6 Å². The number of carbonyl (C=O) groups is 2. The summed E-state index contributed by atoms with van der Waals surface area (Å²) in [6.45, 7) is 0. The average molecular weight is 289 g/mol. The van der Waals surface area contributed by atoms with E-state index in [4.69, 9.17) is 10.2 Å². The number of nitrogens with zero attached hydrogens (tertiary/aromatic N) is 1. The lowest BCUT2D eigenvalue weighted by Crippen LogP contribution is -2.41. The molecule has 0 unspecified atom stereocenters. The van der Waals surface area contributed by atoms with Crippen LogP contribution in [0, 0.1) is 17.5 Å². The Morgan fingerprint density at radius 1 is 1.05 bits per heavy atom. The molecule has 1 aliphatic heterocycles. The zero-order valence-corrected chi connectivity index (χ0v) is 10.0. The van der Waals surface area contributed by atoms with Crippen LogP contribution in [0.1, 0.15) is 24.4 Å². The fourth-order valence-corrected chi connectivity index (χ4v) is 2.42. The van der Waals surface area contributed by atoms with Crippen LogP contribution in [-0.2, 0) is 4.79 Å². The number of carboxylic acid groups (broad SMARTS) is 2. The van der Waals surface area contributed by atoms with E-state index in [1.807, 2.05) is 0 Å². The quantitative estimate of drug-likeness (QED) is 0.819. The van der Waals surface area contributed by atoms with Gasteiger partial charge in [-0.2, -0.15) is 0 Å². The monoisotopic (exact) mass is 289 g/mol. The molecule has 1 amide bonds. The highest BCUT2D eigenvalue weighted by molar-refractivity contribution is 5.80. The third-order valence-corrected chi connectivity index (χ3v) is 3.29. The van der Waals surface area contributed by atoms with Gasteiger partial charge in [0.1, 0.15) is 11.9 Å². The van der Waals surface area contributed by atoms with E-state index in [0.717, 1.165) is 0 Å².